The van der Waals surface area contributed by atoms with Crippen LogP contribution in [0.1, 0.15) is 51.5 Å². The van der Waals surface area contributed by atoms with Crippen molar-refractivity contribution in [1.29, 1.82) is 0 Å². The number of benzene rings is 3. The number of amides is 1. The van der Waals surface area contributed by atoms with Crippen LogP contribution >= 0.6 is 0 Å². The Labute approximate surface area is 193 Å². The minimum Gasteiger partial charge on any atom is -0.345 e. The quantitative estimate of drug-likeness (QED) is 0.412. The molecule has 4 rings (SSSR count). The molecule has 0 aromatic heterocycles. The highest BCUT2D eigenvalue weighted by Crippen LogP contribution is 2.42. The van der Waals surface area contributed by atoms with Crippen molar-refractivity contribution < 1.29 is 26.7 Å². The van der Waals surface area contributed by atoms with E-state index in [4.69, 9.17) is 5.73 Å². The predicted molar refractivity (Wildman–Crippen MR) is 119 cm³/mol. The van der Waals surface area contributed by atoms with Crippen LogP contribution in [0.15, 0.2) is 54.6 Å². The number of carbonyl (C=O) groups is 1. The van der Waals surface area contributed by atoms with Crippen molar-refractivity contribution in [1.82, 2.24) is 5.32 Å². The summed E-state index contributed by atoms with van der Waals surface area (Å²) >= 11 is 0. The maximum absolute atomic E-state index is 13.7. The second-order valence-corrected chi connectivity index (χ2v) is 8.61. The molecule has 1 aliphatic rings. The molecular weight excluding hydrogens is 451 g/mol. The van der Waals surface area contributed by atoms with Gasteiger partial charge in [0.2, 0.25) is 0 Å². The van der Waals surface area contributed by atoms with Crippen LogP contribution in [0.4, 0.5) is 22.0 Å². The molecule has 1 atom stereocenters. The monoisotopic (exact) mass is 474 g/mol. The van der Waals surface area contributed by atoms with Crippen LogP contribution in [-0.4, -0.2) is 5.91 Å². The molecule has 3 nitrogen and oxygen atoms in total. The van der Waals surface area contributed by atoms with Gasteiger partial charge in [-0.05, 0) is 89.9 Å². The number of nitrogens with two attached hydrogens (primary N) is 1. The van der Waals surface area contributed by atoms with Crippen LogP contribution in [0.25, 0.3) is 11.1 Å². The summed E-state index contributed by atoms with van der Waals surface area (Å²) in [4.78, 5) is 13.2. The van der Waals surface area contributed by atoms with Gasteiger partial charge in [-0.15, -0.1) is 0 Å². The summed E-state index contributed by atoms with van der Waals surface area (Å²) in [6.45, 7) is 1.64. The molecule has 3 aromatic carbocycles. The molecule has 0 saturated heterocycles. The number of carbonyl (C=O) groups excluding carboxylic acids is 1. The van der Waals surface area contributed by atoms with Gasteiger partial charge >= 0.3 is 6.18 Å². The third-order valence-electron chi connectivity index (χ3n) is 6.01. The third-order valence-corrected chi connectivity index (χ3v) is 6.01. The Morgan fingerprint density at radius 3 is 2.41 bits per heavy atom. The highest BCUT2D eigenvalue weighted by Gasteiger charge is 2.35. The van der Waals surface area contributed by atoms with Crippen molar-refractivity contribution in [3.63, 3.8) is 0 Å². The number of alkyl halides is 3. The average Bonchev–Trinajstić information content (AvgIpc) is 3.63. The summed E-state index contributed by atoms with van der Waals surface area (Å²) in [6, 6.07) is 11.1. The predicted octanol–water partition coefficient (Wildman–Crippen LogP) is 6.30. The normalized spacial score (nSPS) is 14.7. The van der Waals surface area contributed by atoms with Gasteiger partial charge in [-0.2, -0.15) is 13.2 Å². The molecule has 1 fully saturated rings. The van der Waals surface area contributed by atoms with Crippen molar-refractivity contribution in [2.24, 2.45) is 11.7 Å². The summed E-state index contributed by atoms with van der Waals surface area (Å²) in [7, 11) is 0. The van der Waals surface area contributed by atoms with E-state index in [0.29, 0.717) is 17.2 Å². The van der Waals surface area contributed by atoms with Gasteiger partial charge in [0.15, 0.2) is 0 Å². The zero-order valence-corrected chi connectivity index (χ0v) is 18.3. The number of nitrogens with one attached hydrogen (secondary N) is 1. The lowest BCUT2D eigenvalue weighted by Gasteiger charge is -2.20. The van der Waals surface area contributed by atoms with E-state index in [1.165, 1.54) is 24.3 Å². The second-order valence-electron chi connectivity index (χ2n) is 8.61. The smallest absolute Gasteiger partial charge is 0.345 e. The number of hydrogen-bond donors (Lipinski definition) is 2. The maximum atomic E-state index is 13.7. The van der Waals surface area contributed by atoms with Gasteiger partial charge in [0.25, 0.3) is 5.91 Å². The Hall–Kier alpha value is -3.26. The maximum Gasteiger partial charge on any atom is 0.417 e. The van der Waals surface area contributed by atoms with Gasteiger partial charge in [-0.25, -0.2) is 8.78 Å². The zero-order chi connectivity index (χ0) is 24.6. The van der Waals surface area contributed by atoms with E-state index >= 15 is 0 Å². The molecular formula is C26H23F5N2O. The van der Waals surface area contributed by atoms with E-state index < -0.39 is 23.5 Å². The molecule has 3 N–H and O–H groups in total. The SMILES string of the molecule is Cc1cc([C@@H](NC(=O)c2cc(CN)cc(-c3ccc(F)cc3C(F)(F)F)c2)C2CC2)ccc1F. The zero-order valence-electron chi connectivity index (χ0n) is 18.3. The highest BCUT2D eigenvalue weighted by molar-refractivity contribution is 5.96. The van der Waals surface area contributed by atoms with Crippen molar-refractivity contribution in [3.8, 4) is 11.1 Å². The Kier molecular flexibility index (Phi) is 6.45. The fourth-order valence-corrected chi connectivity index (χ4v) is 4.09. The molecule has 3 aromatic rings. The minimum absolute atomic E-state index is 0.000123. The summed E-state index contributed by atoms with van der Waals surface area (Å²) in [5, 5.41) is 2.96. The number of halogens is 5. The van der Waals surface area contributed by atoms with E-state index in [1.807, 2.05) is 0 Å². The molecule has 0 unspecified atom stereocenters. The fourth-order valence-electron chi connectivity index (χ4n) is 4.09. The van der Waals surface area contributed by atoms with Crippen LogP contribution in [0.5, 0.6) is 0 Å². The van der Waals surface area contributed by atoms with Gasteiger partial charge in [-0.1, -0.05) is 18.2 Å². The van der Waals surface area contributed by atoms with Gasteiger partial charge < -0.3 is 11.1 Å². The standard InChI is InChI=1S/C26H23F5N2O/c1-14-8-17(4-7-23(14)28)24(16-2-3-16)33-25(34)19-10-15(13-32)9-18(11-19)21-6-5-20(27)12-22(21)26(29,30)31/h4-12,16,24H,2-3,13,32H2,1H3,(H,33,34)/t24-/m0/s1. The Morgan fingerprint density at radius 1 is 1.06 bits per heavy atom. The lowest BCUT2D eigenvalue weighted by Crippen LogP contribution is -2.30. The first-order valence-corrected chi connectivity index (χ1v) is 10.8. The van der Waals surface area contributed by atoms with E-state index in [2.05, 4.69) is 5.32 Å². The van der Waals surface area contributed by atoms with Crippen LogP contribution in [0.2, 0.25) is 0 Å². The third kappa shape index (κ3) is 5.12. The van der Waals surface area contributed by atoms with Crippen LogP contribution in [-0.2, 0) is 12.7 Å². The van der Waals surface area contributed by atoms with Gasteiger partial charge in [0.1, 0.15) is 11.6 Å². The molecule has 0 heterocycles. The first-order valence-electron chi connectivity index (χ1n) is 10.8. The lowest BCUT2D eigenvalue weighted by atomic mass is 9.94. The first kappa shape index (κ1) is 23.9. The van der Waals surface area contributed by atoms with E-state index in [0.717, 1.165) is 30.5 Å². The van der Waals surface area contributed by atoms with E-state index in [-0.39, 0.29) is 41.0 Å². The summed E-state index contributed by atoms with van der Waals surface area (Å²) in [5.41, 5.74) is 6.30. The second kappa shape index (κ2) is 9.18. The Bertz CT molecular complexity index is 1230. The van der Waals surface area contributed by atoms with E-state index in [9.17, 15) is 26.7 Å². The minimum atomic E-state index is -4.78. The van der Waals surface area contributed by atoms with Gasteiger partial charge in [-0.3, -0.25) is 4.79 Å². The van der Waals surface area contributed by atoms with Crippen LogP contribution < -0.4 is 11.1 Å². The molecule has 0 spiro atoms. The molecule has 34 heavy (non-hydrogen) atoms. The van der Waals surface area contributed by atoms with Crippen LogP contribution in [0, 0.1) is 24.5 Å². The van der Waals surface area contributed by atoms with Crippen molar-refractivity contribution in [2.45, 2.75) is 38.5 Å². The van der Waals surface area contributed by atoms with Crippen LogP contribution in [0.3, 0.4) is 0 Å². The molecule has 1 amide bonds. The molecule has 0 radical (unpaired) electrons. The summed E-state index contributed by atoms with van der Waals surface area (Å²) in [6.07, 6.45) is -2.98. The largest absolute Gasteiger partial charge is 0.417 e. The molecule has 1 aliphatic carbocycles. The molecule has 178 valence electrons. The highest BCUT2D eigenvalue weighted by atomic mass is 19.4. The average molecular weight is 474 g/mol. The summed E-state index contributed by atoms with van der Waals surface area (Å²) in [5.74, 6) is -1.64. The topological polar surface area (TPSA) is 55.1 Å². The molecule has 1 saturated carbocycles. The van der Waals surface area contributed by atoms with Crippen molar-refractivity contribution in [2.75, 3.05) is 0 Å². The fraction of sp³-hybridized carbons (Fsp3) is 0.269. The Morgan fingerprint density at radius 2 is 1.79 bits per heavy atom. The van der Waals surface area contributed by atoms with Crippen molar-refractivity contribution >= 4 is 5.91 Å². The summed E-state index contributed by atoms with van der Waals surface area (Å²) < 4.78 is 68.0. The van der Waals surface area contributed by atoms with Crippen molar-refractivity contribution in [3.05, 3.63) is 94.0 Å². The lowest BCUT2D eigenvalue weighted by molar-refractivity contribution is -0.137. The Balaban J connectivity index is 1.71. The van der Waals surface area contributed by atoms with Gasteiger partial charge in [0, 0.05) is 12.1 Å². The number of rotatable bonds is 6. The first-order chi connectivity index (χ1) is 16.1. The molecule has 0 aliphatic heterocycles. The number of hydrogen-bond acceptors (Lipinski definition) is 2. The molecule has 0 bridgehead atoms. The number of aryl methyl sites for hydroxylation is 1. The van der Waals surface area contributed by atoms with Gasteiger partial charge in [0.05, 0.1) is 11.6 Å². The molecule has 8 heteroatoms. The van der Waals surface area contributed by atoms with E-state index in [1.54, 1.807) is 19.1 Å².